The third-order valence-corrected chi connectivity index (χ3v) is 4.71. The third kappa shape index (κ3) is 4.78. The molecule has 0 spiro atoms. The molecular formula is C16H29N3. The Morgan fingerprint density at radius 1 is 1.32 bits per heavy atom. The van der Waals surface area contributed by atoms with E-state index in [0.29, 0.717) is 11.5 Å². The van der Waals surface area contributed by atoms with Crippen LogP contribution < -0.4 is 5.32 Å². The maximum Gasteiger partial charge on any atom is 0.104 e. The first kappa shape index (κ1) is 14.8. The Morgan fingerprint density at radius 2 is 1.95 bits per heavy atom. The van der Waals surface area contributed by atoms with Crippen LogP contribution in [0.1, 0.15) is 59.3 Å². The van der Waals surface area contributed by atoms with Crippen LogP contribution in [0.5, 0.6) is 0 Å². The first-order valence-electron chi connectivity index (χ1n) is 7.84. The summed E-state index contributed by atoms with van der Waals surface area (Å²) >= 11 is 0. The van der Waals surface area contributed by atoms with Crippen molar-refractivity contribution >= 4 is 0 Å². The first-order valence-corrected chi connectivity index (χ1v) is 7.84. The number of nitriles is 1. The van der Waals surface area contributed by atoms with E-state index in [1.54, 1.807) is 0 Å². The van der Waals surface area contributed by atoms with Crippen LogP contribution in [0.2, 0.25) is 0 Å². The highest BCUT2D eigenvalue weighted by atomic mass is 15.1. The standard InChI is InChI=1S/C16H29N3/c1-15(2)8-11-19(12-9-15)10-4-7-16(3,13-17)18-14-5-6-14/h14,18H,4-12H2,1-3H3. The van der Waals surface area contributed by atoms with Crippen molar-refractivity contribution in [2.24, 2.45) is 5.41 Å². The van der Waals surface area contributed by atoms with Gasteiger partial charge >= 0.3 is 0 Å². The van der Waals surface area contributed by atoms with Crippen LogP contribution in [0.4, 0.5) is 0 Å². The van der Waals surface area contributed by atoms with Gasteiger partial charge in [-0.05, 0) is 70.5 Å². The van der Waals surface area contributed by atoms with Crippen molar-refractivity contribution in [1.29, 1.82) is 5.26 Å². The van der Waals surface area contributed by atoms with E-state index < -0.39 is 0 Å². The van der Waals surface area contributed by atoms with E-state index >= 15 is 0 Å². The van der Waals surface area contributed by atoms with Crippen molar-refractivity contribution in [2.75, 3.05) is 19.6 Å². The van der Waals surface area contributed by atoms with Crippen LogP contribution in [0, 0.1) is 16.7 Å². The van der Waals surface area contributed by atoms with Crippen molar-refractivity contribution in [3.8, 4) is 6.07 Å². The number of nitrogens with one attached hydrogen (secondary N) is 1. The lowest BCUT2D eigenvalue weighted by Crippen LogP contribution is -2.43. The van der Waals surface area contributed by atoms with Crippen LogP contribution in [0.3, 0.4) is 0 Å². The molecule has 0 aromatic carbocycles. The van der Waals surface area contributed by atoms with Crippen molar-refractivity contribution < 1.29 is 0 Å². The van der Waals surface area contributed by atoms with Crippen molar-refractivity contribution in [3.05, 3.63) is 0 Å². The van der Waals surface area contributed by atoms with Gasteiger partial charge in [-0.1, -0.05) is 13.8 Å². The molecule has 1 saturated heterocycles. The maximum absolute atomic E-state index is 9.34. The lowest BCUT2D eigenvalue weighted by molar-refractivity contribution is 0.129. The summed E-state index contributed by atoms with van der Waals surface area (Å²) < 4.78 is 0. The van der Waals surface area contributed by atoms with E-state index in [-0.39, 0.29) is 5.54 Å². The Hall–Kier alpha value is -0.590. The molecule has 0 amide bonds. The Bertz CT molecular complexity index is 330. The van der Waals surface area contributed by atoms with Gasteiger partial charge in [-0.25, -0.2) is 0 Å². The fourth-order valence-corrected chi connectivity index (χ4v) is 2.88. The van der Waals surface area contributed by atoms with Crippen molar-refractivity contribution in [1.82, 2.24) is 10.2 Å². The molecule has 0 radical (unpaired) electrons. The number of hydrogen-bond donors (Lipinski definition) is 1. The van der Waals surface area contributed by atoms with Crippen LogP contribution in [-0.4, -0.2) is 36.1 Å². The summed E-state index contributed by atoms with van der Waals surface area (Å²) in [6.07, 6.45) is 7.22. The average Bonchev–Trinajstić information content (AvgIpc) is 3.15. The SMILES string of the molecule is CC1(C)CCN(CCCC(C)(C#N)NC2CC2)CC1. The summed E-state index contributed by atoms with van der Waals surface area (Å²) in [6, 6.07) is 3.08. The Morgan fingerprint density at radius 3 is 2.47 bits per heavy atom. The maximum atomic E-state index is 9.34. The minimum absolute atomic E-state index is 0.309. The van der Waals surface area contributed by atoms with Gasteiger partial charge in [0, 0.05) is 6.04 Å². The number of hydrogen-bond acceptors (Lipinski definition) is 3. The first-order chi connectivity index (χ1) is 8.92. The molecule has 1 unspecified atom stereocenters. The molecule has 3 nitrogen and oxygen atoms in total. The fraction of sp³-hybridized carbons (Fsp3) is 0.938. The summed E-state index contributed by atoms with van der Waals surface area (Å²) in [6.45, 7) is 10.4. The third-order valence-electron chi connectivity index (χ3n) is 4.71. The van der Waals surface area contributed by atoms with Gasteiger partial charge in [0.15, 0.2) is 0 Å². The van der Waals surface area contributed by atoms with E-state index in [0.717, 1.165) is 19.4 Å². The normalized spacial score (nSPS) is 26.6. The molecule has 108 valence electrons. The van der Waals surface area contributed by atoms with Gasteiger partial charge in [0.2, 0.25) is 0 Å². The fourth-order valence-electron chi connectivity index (χ4n) is 2.88. The van der Waals surface area contributed by atoms with E-state index in [1.807, 2.05) is 0 Å². The highest BCUT2D eigenvalue weighted by Gasteiger charge is 2.32. The van der Waals surface area contributed by atoms with Gasteiger partial charge in [0.05, 0.1) is 6.07 Å². The molecule has 2 fully saturated rings. The molecule has 1 aliphatic heterocycles. The van der Waals surface area contributed by atoms with Gasteiger partial charge in [0.25, 0.3) is 0 Å². The quantitative estimate of drug-likeness (QED) is 0.801. The smallest absolute Gasteiger partial charge is 0.104 e. The van der Waals surface area contributed by atoms with Gasteiger partial charge < -0.3 is 4.90 Å². The predicted octanol–water partition coefficient (Wildman–Crippen LogP) is 2.92. The molecule has 2 rings (SSSR count). The zero-order chi connectivity index (χ0) is 13.9. The van der Waals surface area contributed by atoms with Gasteiger partial charge in [-0.2, -0.15) is 5.26 Å². The molecule has 2 aliphatic rings. The van der Waals surface area contributed by atoms with E-state index in [2.05, 4.69) is 37.1 Å². The second-order valence-electron chi connectivity index (χ2n) is 7.47. The molecule has 1 heterocycles. The lowest BCUT2D eigenvalue weighted by Gasteiger charge is -2.37. The Balaban J connectivity index is 1.67. The Kier molecular flexibility index (Phi) is 4.53. The number of likely N-dealkylation sites (tertiary alicyclic amines) is 1. The second kappa shape index (κ2) is 5.81. The van der Waals surface area contributed by atoms with Gasteiger partial charge in [-0.3, -0.25) is 5.32 Å². The van der Waals surface area contributed by atoms with Crippen LogP contribution in [0.25, 0.3) is 0 Å². The summed E-state index contributed by atoms with van der Waals surface area (Å²) in [5.41, 5.74) is 0.224. The minimum atomic E-state index is -0.309. The van der Waals surface area contributed by atoms with Gasteiger partial charge in [-0.15, -0.1) is 0 Å². The minimum Gasteiger partial charge on any atom is -0.303 e. The van der Waals surface area contributed by atoms with Crippen LogP contribution in [-0.2, 0) is 0 Å². The summed E-state index contributed by atoms with van der Waals surface area (Å²) in [7, 11) is 0. The molecule has 19 heavy (non-hydrogen) atoms. The molecule has 1 N–H and O–H groups in total. The zero-order valence-corrected chi connectivity index (χ0v) is 12.8. The number of rotatable bonds is 6. The van der Waals surface area contributed by atoms with Gasteiger partial charge in [0.1, 0.15) is 5.54 Å². The molecule has 1 aliphatic carbocycles. The van der Waals surface area contributed by atoms with E-state index in [9.17, 15) is 5.26 Å². The van der Waals surface area contributed by atoms with Crippen LogP contribution in [0.15, 0.2) is 0 Å². The average molecular weight is 263 g/mol. The molecule has 1 saturated carbocycles. The monoisotopic (exact) mass is 263 g/mol. The summed E-state index contributed by atoms with van der Waals surface area (Å²) in [4.78, 5) is 2.57. The lowest BCUT2D eigenvalue weighted by atomic mass is 9.82. The molecule has 0 aromatic heterocycles. The largest absolute Gasteiger partial charge is 0.303 e. The van der Waals surface area contributed by atoms with E-state index in [4.69, 9.17) is 0 Å². The van der Waals surface area contributed by atoms with Crippen LogP contribution >= 0.6 is 0 Å². The van der Waals surface area contributed by atoms with E-state index in [1.165, 1.54) is 38.8 Å². The number of nitrogens with zero attached hydrogens (tertiary/aromatic N) is 2. The number of piperidine rings is 1. The zero-order valence-electron chi connectivity index (χ0n) is 12.8. The summed E-state index contributed by atoms with van der Waals surface area (Å²) in [5.74, 6) is 0. The second-order valence-corrected chi connectivity index (χ2v) is 7.47. The highest BCUT2D eigenvalue weighted by molar-refractivity contribution is 5.07. The van der Waals surface area contributed by atoms with Crippen molar-refractivity contribution in [3.63, 3.8) is 0 Å². The topological polar surface area (TPSA) is 39.1 Å². The molecule has 0 aromatic rings. The predicted molar refractivity (Wildman–Crippen MR) is 78.9 cm³/mol. The van der Waals surface area contributed by atoms with Crippen molar-refractivity contribution in [2.45, 2.75) is 70.9 Å². The summed E-state index contributed by atoms with van der Waals surface area (Å²) in [5, 5.41) is 12.8. The molecule has 3 heteroatoms. The highest BCUT2D eigenvalue weighted by Crippen LogP contribution is 2.30. The molecule has 0 bridgehead atoms. The molecule has 1 atom stereocenters. The Labute approximate surface area is 118 Å². The molecular weight excluding hydrogens is 234 g/mol.